The number of esters is 1. The van der Waals surface area contributed by atoms with Gasteiger partial charge < -0.3 is 10.1 Å². The first kappa shape index (κ1) is 15.9. The summed E-state index contributed by atoms with van der Waals surface area (Å²) in [6, 6.07) is 8.15. The maximum Gasteiger partial charge on any atom is 0.338 e. The molecule has 116 valence electrons. The highest BCUT2D eigenvalue weighted by molar-refractivity contribution is 5.89. The number of benzene rings is 1. The van der Waals surface area contributed by atoms with Crippen molar-refractivity contribution in [3.63, 3.8) is 0 Å². The van der Waals surface area contributed by atoms with Crippen molar-refractivity contribution in [2.75, 3.05) is 5.32 Å². The molecule has 1 fully saturated rings. The molecule has 3 nitrogen and oxygen atoms in total. The van der Waals surface area contributed by atoms with Gasteiger partial charge in [-0.25, -0.2) is 4.79 Å². The van der Waals surface area contributed by atoms with Gasteiger partial charge >= 0.3 is 5.97 Å². The molecule has 21 heavy (non-hydrogen) atoms. The van der Waals surface area contributed by atoms with E-state index in [9.17, 15) is 4.79 Å². The van der Waals surface area contributed by atoms with Crippen LogP contribution in [0.3, 0.4) is 0 Å². The van der Waals surface area contributed by atoms with Gasteiger partial charge in [0.15, 0.2) is 0 Å². The molecular weight excluding hydrogens is 262 g/mol. The van der Waals surface area contributed by atoms with E-state index < -0.39 is 0 Å². The van der Waals surface area contributed by atoms with Gasteiger partial charge in [-0.15, -0.1) is 0 Å². The fourth-order valence-corrected chi connectivity index (χ4v) is 2.93. The van der Waals surface area contributed by atoms with Crippen molar-refractivity contribution in [1.82, 2.24) is 0 Å². The molecule has 1 aromatic rings. The summed E-state index contributed by atoms with van der Waals surface area (Å²) >= 11 is 0. The first-order chi connectivity index (χ1) is 9.95. The van der Waals surface area contributed by atoms with E-state index >= 15 is 0 Å². The van der Waals surface area contributed by atoms with Crippen LogP contribution in [0.25, 0.3) is 0 Å². The van der Waals surface area contributed by atoms with E-state index in [2.05, 4.69) is 19.2 Å². The SMILES string of the molecule is CC1CCC(C)C(Nc2ccc(C(=O)OC(C)C)cc2)C1. The molecular formula is C18H27NO2. The number of carbonyl (C=O) groups excluding carboxylic acids is 1. The summed E-state index contributed by atoms with van der Waals surface area (Å²) in [5.41, 5.74) is 1.70. The molecule has 1 aliphatic rings. The molecule has 1 N–H and O–H groups in total. The Bertz CT molecular complexity index is 467. The number of hydrogen-bond donors (Lipinski definition) is 1. The topological polar surface area (TPSA) is 38.3 Å². The standard InChI is InChI=1S/C18H27NO2/c1-12(2)21-18(20)15-7-9-16(10-8-15)19-17-11-13(3)5-6-14(17)4/h7-10,12-14,17,19H,5-6,11H2,1-4H3. The zero-order valence-electron chi connectivity index (χ0n) is 13.6. The monoisotopic (exact) mass is 289 g/mol. The molecule has 0 saturated heterocycles. The van der Waals surface area contributed by atoms with E-state index in [1.54, 1.807) is 0 Å². The Labute approximate surface area is 128 Å². The van der Waals surface area contributed by atoms with Crippen LogP contribution in [0.1, 0.15) is 57.3 Å². The summed E-state index contributed by atoms with van der Waals surface area (Å²) in [4.78, 5) is 11.8. The molecule has 0 radical (unpaired) electrons. The van der Waals surface area contributed by atoms with Gasteiger partial charge in [0.2, 0.25) is 0 Å². The van der Waals surface area contributed by atoms with Crippen LogP contribution >= 0.6 is 0 Å². The predicted octanol–water partition coefficient (Wildman–Crippen LogP) is 4.49. The number of rotatable bonds is 4. The molecule has 0 spiro atoms. The Morgan fingerprint density at radius 2 is 1.86 bits per heavy atom. The van der Waals surface area contributed by atoms with Crippen molar-refractivity contribution in [2.24, 2.45) is 11.8 Å². The molecule has 3 atom stereocenters. The maximum absolute atomic E-state index is 11.8. The lowest BCUT2D eigenvalue weighted by Gasteiger charge is -2.34. The number of ether oxygens (including phenoxy) is 1. The highest BCUT2D eigenvalue weighted by Gasteiger charge is 2.25. The Kier molecular flexibility index (Phi) is 5.27. The first-order valence-corrected chi connectivity index (χ1v) is 8.03. The van der Waals surface area contributed by atoms with Crippen molar-refractivity contribution >= 4 is 11.7 Å². The van der Waals surface area contributed by atoms with Gasteiger partial charge in [-0.2, -0.15) is 0 Å². The smallest absolute Gasteiger partial charge is 0.338 e. The Hall–Kier alpha value is -1.51. The lowest BCUT2D eigenvalue weighted by Crippen LogP contribution is -2.33. The van der Waals surface area contributed by atoms with Gasteiger partial charge in [-0.1, -0.05) is 20.3 Å². The van der Waals surface area contributed by atoms with Crippen LogP contribution in [0.2, 0.25) is 0 Å². The van der Waals surface area contributed by atoms with Gasteiger partial charge in [0.25, 0.3) is 0 Å². The summed E-state index contributed by atoms with van der Waals surface area (Å²) < 4.78 is 5.20. The fraction of sp³-hybridized carbons (Fsp3) is 0.611. The normalized spacial score (nSPS) is 25.7. The summed E-state index contributed by atoms with van der Waals surface area (Å²) in [6.45, 7) is 8.36. The maximum atomic E-state index is 11.8. The second-order valence-corrected chi connectivity index (χ2v) is 6.68. The highest BCUT2D eigenvalue weighted by atomic mass is 16.5. The Balaban J connectivity index is 1.97. The van der Waals surface area contributed by atoms with E-state index in [4.69, 9.17) is 4.74 Å². The summed E-state index contributed by atoms with van der Waals surface area (Å²) in [5, 5.41) is 3.62. The van der Waals surface area contributed by atoms with E-state index in [1.807, 2.05) is 38.1 Å². The van der Waals surface area contributed by atoms with Crippen LogP contribution in [0.15, 0.2) is 24.3 Å². The fourth-order valence-electron chi connectivity index (χ4n) is 2.93. The molecule has 2 rings (SSSR count). The molecule has 0 amide bonds. The number of hydrogen-bond acceptors (Lipinski definition) is 3. The van der Waals surface area contributed by atoms with Gasteiger partial charge in [-0.05, 0) is 62.8 Å². The van der Waals surface area contributed by atoms with E-state index in [-0.39, 0.29) is 12.1 Å². The van der Waals surface area contributed by atoms with Gasteiger partial charge in [0, 0.05) is 11.7 Å². The molecule has 0 aromatic heterocycles. The van der Waals surface area contributed by atoms with Gasteiger partial charge in [0.05, 0.1) is 11.7 Å². The van der Waals surface area contributed by atoms with E-state index in [0.717, 1.165) is 11.6 Å². The lowest BCUT2D eigenvalue weighted by molar-refractivity contribution is 0.0378. The quantitative estimate of drug-likeness (QED) is 0.830. The van der Waals surface area contributed by atoms with Crippen LogP contribution < -0.4 is 5.32 Å². The zero-order valence-corrected chi connectivity index (χ0v) is 13.6. The lowest BCUT2D eigenvalue weighted by atomic mass is 9.80. The minimum atomic E-state index is -0.254. The van der Waals surface area contributed by atoms with Crippen LogP contribution in [0, 0.1) is 11.8 Å². The molecule has 1 aromatic carbocycles. The van der Waals surface area contributed by atoms with Crippen LogP contribution in [-0.4, -0.2) is 18.1 Å². The molecule has 1 saturated carbocycles. The van der Waals surface area contributed by atoms with Crippen molar-refractivity contribution in [1.29, 1.82) is 0 Å². The number of carbonyl (C=O) groups is 1. The van der Waals surface area contributed by atoms with Crippen LogP contribution in [-0.2, 0) is 4.74 Å². The average molecular weight is 289 g/mol. The summed E-state index contributed by atoms with van der Waals surface area (Å²) in [6.07, 6.45) is 3.76. The summed E-state index contributed by atoms with van der Waals surface area (Å²) in [7, 11) is 0. The third-order valence-corrected chi connectivity index (χ3v) is 4.27. The second kappa shape index (κ2) is 6.97. The molecule has 3 heteroatoms. The minimum Gasteiger partial charge on any atom is -0.459 e. The second-order valence-electron chi connectivity index (χ2n) is 6.68. The predicted molar refractivity (Wildman–Crippen MR) is 86.6 cm³/mol. The summed E-state index contributed by atoms with van der Waals surface area (Å²) in [5.74, 6) is 1.24. The van der Waals surface area contributed by atoms with Gasteiger partial charge in [0.1, 0.15) is 0 Å². The third kappa shape index (κ3) is 4.48. The van der Waals surface area contributed by atoms with Gasteiger partial charge in [-0.3, -0.25) is 0 Å². The minimum absolute atomic E-state index is 0.0834. The highest BCUT2D eigenvalue weighted by Crippen LogP contribution is 2.30. The molecule has 0 bridgehead atoms. The Morgan fingerprint density at radius 3 is 2.48 bits per heavy atom. The van der Waals surface area contributed by atoms with E-state index in [1.165, 1.54) is 19.3 Å². The molecule has 1 aliphatic carbocycles. The molecule has 0 aliphatic heterocycles. The van der Waals surface area contributed by atoms with Crippen LogP contribution in [0.4, 0.5) is 5.69 Å². The molecule has 0 heterocycles. The molecule has 3 unspecified atom stereocenters. The van der Waals surface area contributed by atoms with Crippen molar-refractivity contribution < 1.29 is 9.53 Å². The van der Waals surface area contributed by atoms with Crippen LogP contribution in [0.5, 0.6) is 0 Å². The largest absolute Gasteiger partial charge is 0.459 e. The first-order valence-electron chi connectivity index (χ1n) is 8.03. The van der Waals surface area contributed by atoms with Crippen molar-refractivity contribution in [3.8, 4) is 0 Å². The third-order valence-electron chi connectivity index (χ3n) is 4.27. The van der Waals surface area contributed by atoms with Crippen molar-refractivity contribution in [3.05, 3.63) is 29.8 Å². The Morgan fingerprint density at radius 1 is 1.19 bits per heavy atom. The number of anilines is 1. The zero-order chi connectivity index (χ0) is 15.4. The number of nitrogens with one attached hydrogen (secondary N) is 1. The van der Waals surface area contributed by atoms with Crippen molar-refractivity contribution in [2.45, 2.75) is 59.1 Å². The van der Waals surface area contributed by atoms with E-state index in [0.29, 0.717) is 17.5 Å². The average Bonchev–Trinajstić information content (AvgIpc) is 2.43.